The number of rotatable bonds is 4. The highest BCUT2D eigenvalue weighted by Crippen LogP contribution is 2.35. The number of benzene rings is 2. The van der Waals surface area contributed by atoms with E-state index in [0.29, 0.717) is 5.92 Å². The minimum absolute atomic E-state index is 0.669. The molecule has 19 heavy (non-hydrogen) atoms. The maximum Gasteiger partial charge on any atom is 0.0355 e. The molecular formula is C18H20S. The fourth-order valence-corrected chi connectivity index (χ4v) is 3.81. The van der Waals surface area contributed by atoms with E-state index >= 15 is 0 Å². The maximum absolute atomic E-state index is 2.41. The number of hydrogen-bond acceptors (Lipinski definition) is 1. The van der Waals surface area contributed by atoms with Gasteiger partial charge in [0.1, 0.15) is 0 Å². The Morgan fingerprint density at radius 3 is 2.63 bits per heavy atom. The minimum atomic E-state index is 0.669. The van der Waals surface area contributed by atoms with Gasteiger partial charge in [-0.1, -0.05) is 51.0 Å². The first kappa shape index (κ1) is 12.7. The minimum Gasteiger partial charge on any atom is -0.135 e. The molecule has 2 aromatic carbocycles. The Labute approximate surface area is 119 Å². The van der Waals surface area contributed by atoms with Crippen LogP contribution in [0.3, 0.4) is 0 Å². The van der Waals surface area contributed by atoms with Crippen LogP contribution in [0.2, 0.25) is 0 Å². The molecule has 0 N–H and O–H groups in total. The van der Waals surface area contributed by atoms with Gasteiger partial charge in [0, 0.05) is 20.2 Å². The predicted octanol–water partition coefficient (Wildman–Crippen LogP) is 6.35. The third kappa shape index (κ3) is 2.40. The molecule has 0 aliphatic heterocycles. The van der Waals surface area contributed by atoms with E-state index in [-0.39, 0.29) is 0 Å². The smallest absolute Gasteiger partial charge is 0.0355 e. The summed E-state index contributed by atoms with van der Waals surface area (Å²) in [6.45, 7) is 4.62. The zero-order valence-electron chi connectivity index (χ0n) is 11.6. The van der Waals surface area contributed by atoms with Crippen LogP contribution in [0.4, 0.5) is 0 Å². The van der Waals surface area contributed by atoms with Gasteiger partial charge in [-0.15, -0.1) is 11.3 Å². The molecule has 0 radical (unpaired) electrons. The Bertz CT molecular complexity index is 693. The molecule has 1 aromatic heterocycles. The highest BCUT2D eigenvalue weighted by molar-refractivity contribution is 7.25. The summed E-state index contributed by atoms with van der Waals surface area (Å²) in [4.78, 5) is 0. The van der Waals surface area contributed by atoms with Crippen LogP contribution in [0.5, 0.6) is 0 Å². The van der Waals surface area contributed by atoms with E-state index in [1.54, 1.807) is 0 Å². The Balaban J connectivity index is 2.06. The third-order valence-corrected chi connectivity index (χ3v) is 5.11. The SMILES string of the molecule is CCCC[C@H](C)c1ccc2sc3ccccc3c2c1. The number of hydrogen-bond donors (Lipinski definition) is 0. The molecule has 0 fully saturated rings. The molecule has 0 nitrogen and oxygen atoms in total. The van der Waals surface area contributed by atoms with Crippen LogP contribution in [0.1, 0.15) is 44.6 Å². The fraction of sp³-hybridized carbons (Fsp3) is 0.333. The van der Waals surface area contributed by atoms with Crippen molar-refractivity contribution in [3.63, 3.8) is 0 Å². The van der Waals surface area contributed by atoms with Crippen molar-refractivity contribution in [2.45, 2.75) is 39.0 Å². The average molecular weight is 268 g/mol. The van der Waals surface area contributed by atoms with E-state index < -0.39 is 0 Å². The summed E-state index contributed by atoms with van der Waals surface area (Å²) in [6.07, 6.45) is 3.90. The Morgan fingerprint density at radius 2 is 1.79 bits per heavy atom. The van der Waals surface area contributed by atoms with Gasteiger partial charge in [0.15, 0.2) is 0 Å². The number of fused-ring (bicyclic) bond motifs is 3. The Hall–Kier alpha value is -1.34. The van der Waals surface area contributed by atoms with Gasteiger partial charge < -0.3 is 0 Å². The molecule has 0 bridgehead atoms. The largest absolute Gasteiger partial charge is 0.135 e. The molecular weight excluding hydrogens is 248 g/mol. The van der Waals surface area contributed by atoms with Gasteiger partial charge in [-0.3, -0.25) is 0 Å². The number of unbranched alkanes of at least 4 members (excludes halogenated alkanes) is 1. The molecule has 1 heterocycles. The molecule has 0 saturated heterocycles. The van der Waals surface area contributed by atoms with Crippen molar-refractivity contribution >= 4 is 31.5 Å². The zero-order chi connectivity index (χ0) is 13.2. The van der Waals surface area contributed by atoms with Crippen molar-refractivity contribution in [1.29, 1.82) is 0 Å². The van der Waals surface area contributed by atoms with Crippen molar-refractivity contribution in [2.75, 3.05) is 0 Å². The third-order valence-electron chi connectivity index (χ3n) is 3.96. The summed E-state index contributed by atoms with van der Waals surface area (Å²) in [5.41, 5.74) is 1.49. The van der Waals surface area contributed by atoms with Crippen molar-refractivity contribution in [3.8, 4) is 0 Å². The Kier molecular flexibility index (Phi) is 3.56. The highest BCUT2D eigenvalue weighted by Gasteiger charge is 2.09. The summed E-state index contributed by atoms with van der Waals surface area (Å²) in [6, 6.07) is 15.8. The van der Waals surface area contributed by atoms with E-state index in [0.717, 1.165) is 0 Å². The van der Waals surface area contributed by atoms with Gasteiger partial charge in [0.25, 0.3) is 0 Å². The quantitative estimate of drug-likeness (QED) is 0.517. The first-order valence-electron chi connectivity index (χ1n) is 7.21. The van der Waals surface area contributed by atoms with Crippen molar-refractivity contribution < 1.29 is 0 Å². The molecule has 0 spiro atoms. The number of thiophene rings is 1. The first-order valence-corrected chi connectivity index (χ1v) is 8.02. The molecule has 0 unspecified atom stereocenters. The lowest BCUT2D eigenvalue weighted by Crippen LogP contribution is -1.92. The van der Waals surface area contributed by atoms with Crippen LogP contribution >= 0.6 is 11.3 Å². The van der Waals surface area contributed by atoms with Gasteiger partial charge in [-0.25, -0.2) is 0 Å². The normalized spacial score (nSPS) is 13.2. The second-order valence-electron chi connectivity index (χ2n) is 5.40. The van der Waals surface area contributed by atoms with E-state index in [9.17, 15) is 0 Å². The lowest BCUT2D eigenvalue weighted by Gasteiger charge is -2.11. The van der Waals surface area contributed by atoms with Crippen LogP contribution in [0, 0.1) is 0 Å². The van der Waals surface area contributed by atoms with Crippen LogP contribution in [0.15, 0.2) is 42.5 Å². The zero-order valence-corrected chi connectivity index (χ0v) is 12.5. The summed E-state index contributed by atoms with van der Waals surface area (Å²) in [5, 5.41) is 2.84. The van der Waals surface area contributed by atoms with Gasteiger partial charge in [0.05, 0.1) is 0 Å². The Morgan fingerprint density at radius 1 is 1.00 bits per heavy atom. The summed E-state index contributed by atoms with van der Waals surface area (Å²) in [5.74, 6) is 0.669. The van der Waals surface area contributed by atoms with Crippen LogP contribution in [0.25, 0.3) is 20.2 Å². The molecule has 0 aliphatic rings. The van der Waals surface area contributed by atoms with E-state index in [1.165, 1.54) is 45.0 Å². The topological polar surface area (TPSA) is 0 Å². The molecule has 0 aliphatic carbocycles. The fourth-order valence-electron chi connectivity index (χ4n) is 2.73. The van der Waals surface area contributed by atoms with Gasteiger partial charge in [-0.05, 0) is 36.1 Å². The van der Waals surface area contributed by atoms with Crippen molar-refractivity contribution in [2.24, 2.45) is 0 Å². The van der Waals surface area contributed by atoms with E-state index in [4.69, 9.17) is 0 Å². The van der Waals surface area contributed by atoms with E-state index in [1.807, 2.05) is 11.3 Å². The first-order chi connectivity index (χ1) is 9.29. The maximum atomic E-state index is 2.41. The second-order valence-corrected chi connectivity index (χ2v) is 6.48. The van der Waals surface area contributed by atoms with Crippen LogP contribution in [-0.4, -0.2) is 0 Å². The van der Waals surface area contributed by atoms with Gasteiger partial charge in [0.2, 0.25) is 0 Å². The standard InChI is InChI=1S/C18H20S/c1-3-4-7-13(2)14-10-11-18-16(12-14)15-8-5-6-9-17(15)19-18/h5-6,8-13H,3-4,7H2,1-2H3/t13-/m0/s1. The predicted molar refractivity (Wildman–Crippen MR) is 87.3 cm³/mol. The lowest BCUT2D eigenvalue weighted by molar-refractivity contribution is 0.625. The summed E-state index contributed by atoms with van der Waals surface area (Å²) in [7, 11) is 0. The van der Waals surface area contributed by atoms with Crippen LogP contribution in [-0.2, 0) is 0 Å². The molecule has 1 atom stereocenters. The van der Waals surface area contributed by atoms with Crippen molar-refractivity contribution in [3.05, 3.63) is 48.0 Å². The summed E-state index contributed by atoms with van der Waals surface area (Å²) < 4.78 is 2.81. The molecule has 1 heteroatoms. The van der Waals surface area contributed by atoms with E-state index in [2.05, 4.69) is 56.3 Å². The van der Waals surface area contributed by atoms with Crippen LogP contribution < -0.4 is 0 Å². The lowest BCUT2D eigenvalue weighted by atomic mass is 9.94. The average Bonchev–Trinajstić information content (AvgIpc) is 2.82. The molecule has 0 saturated carbocycles. The molecule has 0 amide bonds. The van der Waals surface area contributed by atoms with Gasteiger partial charge >= 0.3 is 0 Å². The summed E-state index contributed by atoms with van der Waals surface area (Å²) >= 11 is 1.90. The monoisotopic (exact) mass is 268 g/mol. The molecule has 3 aromatic rings. The van der Waals surface area contributed by atoms with Crippen molar-refractivity contribution in [1.82, 2.24) is 0 Å². The second kappa shape index (κ2) is 5.34. The highest BCUT2D eigenvalue weighted by atomic mass is 32.1. The molecule has 98 valence electrons. The molecule has 3 rings (SSSR count). The van der Waals surface area contributed by atoms with Gasteiger partial charge in [-0.2, -0.15) is 0 Å².